The Morgan fingerprint density at radius 2 is 1.83 bits per heavy atom. The van der Waals surface area contributed by atoms with E-state index in [1.165, 1.54) is 35.1 Å². The Morgan fingerprint density at radius 1 is 1.07 bits per heavy atom. The van der Waals surface area contributed by atoms with E-state index in [0.29, 0.717) is 16.3 Å². The third-order valence-corrected chi connectivity index (χ3v) is 6.51. The van der Waals surface area contributed by atoms with E-state index in [-0.39, 0.29) is 11.6 Å². The van der Waals surface area contributed by atoms with Gasteiger partial charge in [0.2, 0.25) is 10.0 Å². The summed E-state index contributed by atoms with van der Waals surface area (Å²) in [7, 11) is -2.02. The maximum absolute atomic E-state index is 12.8. The van der Waals surface area contributed by atoms with Gasteiger partial charge in [0.15, 0.2) is 0 Å². The maximum Gasteiger partial charge on any atom is 0.265 e. The lowest BCUT2D eigenvalue weighted by molar-refractivity contribution is 0.103. The van der Waals surface area contributed by atoms with Gasteiger partial charge in [0.05, 0.1) is 23.9 Å². The lowest BCUT2D eigenvalue weighted by Crippen LogP contribution is -2.13. The molecule has 150 valence electrons. The number of ether oxygens (including phenoxy) is 1. The summed E-state index contributed by atoms with van der Waals surface area (Å²) in [5, 5.41) is 2.85. The third kappa shape index (κ3) is 4.13. The van der Waals surface area contributed by atoms with E-state index in [9.17, 15) is 13.2 Å². The molecule has 0 unspecified atom stereocenters. The number of sulfonamides is 1. The highest BCUT2D eigenvalue weighted by atomic mass is 32.2. The number of fused-ring (bicyclic) bond motifs is 3. The molecule has 1 aliphatic rings. The largest absolute Gasteiger partial charge is 0.495 e. The molecule has 0 fully saturated rings. The van der Waals surface area contributed by atoms with Crippen LogP contribution in [0.5, 0.6) is 5.75 Å². The van der Waals surface area contributed by atoms with Crippen LogP contribution in [0.2, 0.25) is 0 Å². The van der Waals surface area contributed by atoms with Crippen LogP contribution in [0.3, 0.4) is 0 Å². The number of nitrogens with one attached hydrogen (secondary N) is 2. The minimum absolute atomic E-state index is 0.225. The molecule has 0 spiro atoms. The highest BCUT2D eigenvalue weighted by molar-refractivity contribution is 7.92. The van der Waals surface area contributed by atoms with Crippen LogP contribution >= 0.6 is 11.3 Å². The zero-order valence-corrected chi connectivity index (χ0v) is 17.6. The summed E-state index contributed by atoms with van der Waals surface area (Å²) in [4.78, 5) is 14.6. The second-order valence-electron chi connectivity index (χ2n) is 6.87. The maximum atomic E-state index is 12.8. The fraction of sp³-hybridized carbons (Fsp3) is 0.190. The highest BCUT2D eigenvalue weighted by Gasteiger charge is 2.21. The van der Waals surface area contributed by atoms with E-state index in [2.05, 4.69) is 22.2 Å². The number of amides is 1. The molecular formula is C21H20N2O4S2. The van der Waals surface area contributed by atoms with Crippen molar-refractivity contribution in [2.24, 2.45) is 0 Å². The molecule has 29 heavy (non-hydrogen) atoms. The van der Waals surface area contributed by atoms with Crippen LogP contribution in [-0.4, -0.2) is 27.7 Å². The van der Waals surface area contributed by atoms with E-state index in [1.54, 1.807) is 18.2 Å². The Kier molecular flexibility index (Phi) is 5.06. The second-order valence-corrected chi connectivity index (χ2v) is 9.67. The van der Waals surface area contributed by atoms with Gasteiger partial charge in [0, 0.05) is 10.6 Å². The summed E-state index contributed by atoms with van der Waals surface area (Å²) in [5.74, 6) is 0.147. The van der Waals surface area contributed by atoms with Crippen LogP contribution in [0, 0.1) is 0 Å². The number of hydrogen-bond donors (Lipinski definition) is 2. The topological polar surface area (TPSA) is 84.5 Å². The molecule has 0 aliphatic heterocycles. The number of aryl methyl sites for hydroxylation is 2. The van der Waals surface area contributed by atoms with E-state index in [1.807, 2.05) is 18.2 Å². The number of carbonyl (C=O) groups excluding carboxylic acids is 1. The van der Waals surface area contributed by atoms with Crippen molar-refractivity contribution in [3.8, 4) is 16.2 Å². The van der Waals surface area contributed by atoms with Crippen molar-refractivity contribution in [2.45, 2.75) is 12.8 Å². The molecule has 0 bridgehead atoms. The number of benzene rings is 2. The number of rotatable bonds is 5. The summed E-state index contributed by atoms with van der Waals surface area (Å²) in [5.41, 5.74) is 4.44. The first kappa shape index (κ1) is 19.5. The molecule has 3 aromatic rings. The van der Waals surface area contributed by atoms with E-state index >= 15 is 0 Å². The Hall–Kier alpha value is -2.84. The zero-order valence-electron chi connectivity index (χ0n) is 16.0. The van der Waals surface area contributed by atoms with Crippen molar-refractivity contribution in [2.75, 3.05) is 23.4 Å². The molecule has 0 saturated heterocycles. The number of hydrogen-bond acceptors (Lipinski definition) is 5. The SMILES string of the molecule is COc1ccc(NC(=O)c2cc3c(s2)-c2ccccc2CC3)cc1NS(C)(=O)=O. The smallest absolute Gasteiger partial charge is 0.265 e. The summed E-state index contributed by atoms with van der Waals surface area (Å²) in [6.45, 7) is 0. The van der Waals surface area contributed by atoms with Crippen LogP contribution < -0.4 is 14.8 Å². The fourth-order valence-corrected chi connectivity index (χ4v) is 5.17. The molecule has 2 N–H and O–H groups in total. The molecule has 0 atom stereocenters. The molecule has 2 aromatic carbocycles. The fourth-order valence-electron chi connectivity index (χ4n) is 3.44. The van der Waals surface area contributed by atoms with Gasteiger partial charge in [-0.05, 0) is 53.8 Å². The minimum Gasteiger partial charge on any atom is -0.495 e. The molecule has 0 radical (unpaired) electrons. The van der Waals surface area contributed by atoms with Crippen molar-refractivity contribution in [3.05, 3.63) is 64.5 Å². The van der Waals surface area contributed by atoms with Crippen molar-refractivity contribution in [1.29, 1.82) is 0 Å². The van der Waals surface area contributed by atoms with Crippen molar-refractivity contribution < 1.29 is 17.9 Å². The van der Waals surface area contributed by atoms with Crippen molar-refractivity contribution in [1.82, 2.24) is 0 Å². The molecular weight excluding hydrogens is 408 g/mol. The Morgan fingerprint density at radius 3 is 2.59 bits per heavy atom. The van der Waals surface area contributed by atoms with Gasteiger partial charge in [-0.3, -0.25) is 9.52 Å². The lowest BCUT2D eigenvalue weighted by Gasteiger charge is -2.15. The normalized spacial score (nSPS) is 12.6. The van der Waals surface area contributed by atoms with Gasteiger partial charge in [-0.1, -0.05) is 24.3 Å². The Labute approximate surface area is 173 Å². The zero-order chi connectivity index (χ0) is 20.6. The summed E-state index contributed by atoms with van der Waals surface area (Å²) in [6, 6.07) is 15.1. The van der Waals surface area contributed by atoms with Crippen LogP contribution in [0.25, 0.3) is 10.4 Å². The van der Waals surface area contributed by atoms with E-state index in [4.69, 9.17) is 4.74 Å². The van der Waals surface area contributed by atoms with Crippen LogP contribution in [0.15, 0.2) is 48.5 Å². The van der Waals surface area contributed by atoms with Gasteiger partial charge >= 0.3 is 0 Å². The number of carbonyl (C=O) groups is 1. The lowest BCUT2D eigenvalue weighted by atomic mass is 9.91. The van der Waals surface area contributed by atoms with Gasteiger partial charge in [0.25, 0.3) is 5.91 Å². The monoisotopic (exact) mass is 428 g/mol. The third-order valence-electron chi connectivity index (χ3n) is 4.71. The molecule has 6 nitrogen and oxygen atoms in total. The van der Waals surface area contributed by atoms with Crippen LogP contribution in [-0.2, 0) is 22.9 Å². The minimum atomic E-state index is -3.48. The summed E-state index contributed by atoms with van der Waals surface area (Å²) < 4.78 is 30.8. The van der Waals surface area contributed by atoms with Gasteiger partial charge in [-0.2, -0.15) is 0 Å². The predicted octanol–water partition coefficient (Wildman–Crippen LogP) is 4.15. The molecule has 1 aliphatic carbocycles. The summed E-state index contributed by atoms with van der Waals surface area (Å²) >= 11 is 1.48. The first-order valence-corrected chi connectivity index (χ1v) is 11.7. The van der Waals surface area contributed by atoms with Crippen LogP contribution in [0.4, 0.5) is 11.4 Å². The van der Waals surface area contributed by atoms with Gasteiger partial charge < -0.3 is 10.1 Å². The van der Waals surface area contributed by atoms with E-state index < -0.39 is 10.0 Å². The molecule has 1 amide bonds. The van der Waals surface area contributed by atoms with Gasteiger partial charge in [0.1, 0.15) is 5.75 Å². The summed E-state index contributed by atoms with van der Waals surface area (Å²) in [6.07, 6.45) is 2.95. The number of anilines is 2. The van der Waals surface area contributed by atoms with Gasteiger partial charge in [-0.15, -0.1) is 11.3 Å². The first-order valence-electron chi connectivity index (χ1n) is 9.02. The molecule has 0 saturated carbocycles. The van der Waals surface area contributed by atoms with E-state index in [0.717, 1.165) is 24.0 Å². The first-order chi connectivity index (χ1) is 13.8. The molecule has 1 heterocycles. The molecule has 8 heteroatoms. The number of thiophene rings is 1. The average Bonchev–Trinajstić information content (AvgIpc) is 3.12. The Balaban J connectivity index is 1.60. The highest BCUT2D eigenvalue weighted by Crippen LogP contribution is 2.39. The molecule has 1 aromatic heterocycles. The van der Waals surface area contributed by atoms with Crippen molar-refractivity contribution >= 4 is 38.6 Å². The average molecular weight is 429 g/mol. The van der Waals surface area contributed by atoms with Crippen LogP contribution in [0.1, 0.15) is 20.8 Å². The number of methoxy groups -OCH3 is 1. The van der Waals surface area contributed by atoms with Gasteiger partial charge in [-0.25, -0.2) is 8.42 Å². The standard InChI is InChI=1S/C21H20N2O4S2/c1-27-18-10-9-15(12-17(18)23-29(2,25)26)22-21(24)19-11-14-8-7-13-5-3-4-6-16(13)20(14)28-19/h3-6,9-12,23H,7-8H2,1-2H3,(H,22,24). The quantitative estimate of drug-likeness (QED) is 0.640. The van der Waals surface area contributed by atoms with Crippen molar-refractivity contribution in [3.63, 3.8) is 0 Å². The predicted molar refractivity (Wildman–Crippen MR) is 117 cm³/mol. The molecule has 4 rings (SSSR count). The Bertz CT molecular complexity index is 1200. The second kappa shape index (κ2) is 7.53.